The molecular weight excluding hydrogens is 300 g/mol. The van der Waals surface area contributed by atoms with Gasteiger partial charge in [0.25, 0.3) is 0 Å². The number of carbonyl (C=O) groups is 1. The number of rotatable bonds is 2. The van der Waals surface area contributed by atoms with Gasteiger partial charge in [-0.25, -0.2) is 4.79 Å². The van der Waals surface area contributed by atoms with E-state index in [0.29, 0.717) is 11.7 Å². The molecule has 4 nitrogen and oxygen atoms in total. The molecule has 2 atom stereocenters. The lowest BCUT2D eigenvalue weighted by molar-refractivity contribution is -0.131. The van der Waals surface area contributed by atoms with Crippen LogP contribution in [-0.2, 0) is 11.2 Å². The Kier molecular flexibility index (Phi) is 2.82. The number of fused-ring (bicyclic) bond motifs is 3. The molecule has 1 aromatic carbocycles. The number of hydrogen-bond donors (Lipinski definition) is 1. The minimum atomic E-state index is -0.812. The number of para-hydroxylation sites is 1. The maximum absolute atomic E-state index is 12.1. The predicted octanol–water partition coefficient (Wildman–Crippen LogP) is 3.67. The summed E-state index contributed by atoms with van der Waals surface area (Å²) in [5.41, 5.74) is 4.09. The van der Waals surface area contributed by atoms with Gasteiger partial charge in [0.2, 0.25) is 0 Å². The van der Waals surface area contributed by atoms with Gasteiger partial charge in [-0.05, 0) is 49.9 Å². The molecule has 2 aromatic rings. The molecule has 4 heterocycles. The van der Waals surface area contributed by atoms with E-state index in [2.05, 4.69) is 36.1 Å². The summed E-state index contributed by atoms with van der Waals surface area (Å²) in [5, 5.41) is 11.2. The smallest absolute Gasteiger partial charge is 0.352 e. The van der Waals surface area contributed by atoms with Crippen LogP contribution >= 0.6 is 0 Å². The Morgan fingerprint density at radius 1 is 1.33 bits per heavy atom. The summed E-state index contributed by atoms with van der Waals surface area (Å²) in [4.78, 5) is 14.7. The summed E-state index contributed by atoms with van der Waals surface area (Å²) in [5.74, 6) is -0.812. The monoisotopic (exact) mass is 322 g/mol. The van der Waals surface area contributed by atoms with E-state index >= 15 is 0 Å². The molecule has 0 radical (unpaired) electrons. The average Bonchev–Trinajstić information content (AvgIpc) is 2.95. The van der Waals surface area contributed by atoms with Crippen molar-refractivity contribution < 1.29 is 9.90 Å². The number of aromatic nitrogens is 1. The molecule has 24 heavy (non-hydrogen) atoms. The van der Waals surface area contributed by atoms with Gasteiger partial charge >= 0.3 is 5.97 Å². The van der Waals surface area contributed by atoms with Crippen LogP contribution in [0.15, 0.2) is 30.3 Å². The van der Waals surface area contributed by atoms with E-state index in [9.17, 15) is 9.90 Å². The SMILES string of the molecule is CC[C@]12C=C(C(=O)O)n3c4c(c5ccccc53)CCN(CCC1)[C@@H]42. The standard InChI is InChI=1S/C20H22N2O2/c1-2-20-9-5-10-21-11-8-14-13-6-3-4-7-15(13)22(17(14)18(20)21)16(12-20)19(23)24/h3-4,6-7,12,18H,2,5,8-11H2,1H3,(H,23,24)/t18-,20+/m0/s1. The minimum absolute atomic E-state index is 0.0362. The lowest BCUT2D eigenvalue weighted by atomic mass is 9.66. The first-order valence-corrected chi connectivity index (χ1v) is 8.99. The second-order valence-corrected chi connectivity index (χ2v) is 7.43. The number of nitrogens with zero attached hydrogens (tertiary/aromatic N) is 2. The number of hydrogen-bond acceptors (Lipinski definition) is 2. The topological polar surface area (TPSA) is 45.5 Å². The van der Waals surface area contributed by atoms with Crippen LogP contribution in [0.4, 0.5) is 0 Å². The first kappa shape index (κ1) is 14.3. The van der Waals surface area contributed by atoms with Crippen LogP contribution in [-0.4, -0.2) is 33.6 Å². The Labute approximate surface area is 141 Å². The zero-order valence-corrected chi connectivity index (χ0v) is 14.0. The maximum atomic E-state index is 12.1. The van der Waals surface area contributed by atoms with E-state index in [0.717, 1.165) is 44.3 Å². The van der Waals surface area contributed by atoms with E-state index in [4.69, 9.17) is 0 Å². The fraction of sp³-hybridized carbons (Fsp3) is 0.450. The van der Waals surface area contributed by atoms with Crippen molar-refractivity contribution in [3.63, 3.8) is 0 Å². The Morgan fingerprint density at radius 3 is 2.96 bits per heavy atom. The molecule has 5 rings (SSSR count). The van der Waals surface area contributed by atoms with Crippen LogP contribution in [0.1, 0.15) is 43.5 Å². The highest BCUT2D eigenvalue weighted by molar-refractivity contribution is 6.12. The van der Waals surface area contributed by atoms with Crippen molar-refractivity contribution >= 4 is 22.6 Å². The summed E-state index contributed by atoms with van der Waals surface area (Å²) in [6.45, 7) is 4.43. The Balaban J connectivity index is 1.92. The van der Waals surface area contributed by atoms with Crippen LogP contribution in [0, 0.1) is 5.41 Å². The van der Waals surface area contributed by atoms with Crippen molar-refractivity contribution in [1.29, 1.82) is 0 Å². The van der Waals surface area contributed by atoms with Crippen LogP contribution in [0.2, 0.25) is 0 Å². The number of aliphatic carboxylic acids is 1. The van der Waals surface area contributed by atoms with Crippen LogP contribution in [0.25, 0.3) is 16.6 Å². The molecular formula is C20H22N2O2. The third-order valence-electron chi connectivity index (χ3n) is 6.47. The second kappa shape index (κ2) is 4.73. The fourth-order valence-corrected chi connectivity index (χ4v) is 5.44. The van der Waals surface area contributed by atoms with Gasteiger partial charge in [0.1, 0.15) is 5.70 Å². The molecule has 3 aliphatic heterocycles. The molecule has 3 aliphatic rings. The van der Waals surface area contributed by atoms with Gasteiger partial charge in [-0.1, -0.05) is 25.1 Å². The lowest BCUT2D eigenvalue weighted by Gasteiger charge is -2.53. The van der Waals surface area contributed by atoms with Gasteiger partial charge in [0, 0.05) is 23.0 Å². The summed E-state index contributed by atoms with van der Waals surface area (Å²) in [7, 11) is 0. The fourth-order valence-electron chi connectivity index (χ4n) is 5.44. The first-order valence-electron chi connectivity index (χ1n) is 8.99. The highest BCUT2D eigenvalue weighted by Gasteiger charge is 2.50. The van der Waals surface area contributed by atoms with Gasteiger partial charge < -0.3 is 9.67 Å². The van der Waals surface area contributed by atoms with Crippen LogP contribution < -0.4 is 0 Å². The van der Waals surface area contributed by atoms with Crippen LogP contribution in [0.5, 0.6) is 0 Å². The van der Waals surface area contributed by atoms with Crippen molar-refractivity contribution in [2.24, 2.45) is 5.41 Å². The van der Waals surface area contributed by atoms with Gasteiger partial charge in [0.05, 0.1) is 11.6 Å². The third-order valence-corrected chi connectivity index (χ3v) is 6.47. The molecule has 124 valence electrons. The van der Waals surface area contributed by atoms with Crippen molar-refractivity contribution in [2.75, 3.05) is 13.1 Å². The zero-order chi connectivity index (χ0) is 16.5. The molecule has 4 heteroatoms. The molecule has 1 aromatic heterocycles. The van der Waals surface area contributed by atoms with E-state index in [1.807, 2.05) is 10.6 Å². The largest absolute Gasteiger partial charge is 0.477 e. The minimum Gasteiger partial charge on any atom is -0.477 e. The Bertz CT molecular complexity index is 894. The molecule has 0 amide bonds. The van der Waals surface area contributed by atoms with E-state index < -0.39 is 5.97 Å². The maximum Gasteiger partial charge on any atom is 0.352 e. The van der Waals surface area contributed by atoms with Gasteiger partial charge in [-0.3, -0.25) is 4.90 Å². The normalized spacial score (nSPS) is 28.5. The lowest BCUT2D eigenvalue weighted by Crippen LogP contribution is -2.51. The zero-order valence-electron chi connectivity index (χ0n) is 14.0. The van der Waals surface area contributed by atoms with E-state index in [1.165, 1.54) is 16.6 Å². The van der Waals surface area contributed by atoms with E-state index in [1.54, 1.807) is 0 Å². The number of piperidine rings is 1. The molecule has 1 saturated heterocycles. The molecule has 0 unspecified atom stereocenters. The molecule has 0 spiro atoms. The molecule has 1 N–H and O–H groups in total. The Morgan fingerprint density at radius 2 is 2.17 bits per heavy atom. The predicted molar refractivity (Wildman–Crippen MR) is 93.8 cm³/mol. The number of benzene rings is 1. The van der Waals surface area contributed by atoms with Gasteiger partial charge in [-0.15, -0.1) is 0 Å². The number of carboxylic acids is 1. The molecule has 1 fully saturated rings. The van der Waals surface area contributed by atoms with Crippen molar-refractivity contribution in [3.05, 3.63) is 41.6 Å². The summed E-state index contributed by atoms with van der Waals surface area (Å²) in [6, 6.07) is 8.63. The second-order valence-electron chi connectivity index (χ2n) is 7.43. The van der Waals surface area contributed by atoms with Gasteiger partial charge in [0.15, 0.2) is 0 Å². The molecule has 0 saturated carbocycles. The Hall–Kier alpha value is -2.07. The quantitative estimate of drug-likeness (QED) is 0.917. The van der Waals surface area contributed by atoms with Gasteiger partial charge in [-0.2, -0.15) is 0 Å². The number of carboxylic acid groups (broad SMARTS) is 1. The summed E-state index contributed by atoms with van der Waals surface area (Å²) in [6.07, 6.45) is 6.34. The van der Waals surface area contributed by atoms with E-state index in [-0.39, 0.29) is 5.41 Å². The van der Waals surface area contributed by atoms with Crippen LogP contribution in [0.3, 0.4) is 0 Å². The van der Waals surface area contributed by atoms with Crippen molar-refractivity contribution in [3.8, 4) is 0 Å². The van der Waals surface area contributed by atoms with Crippen molar-refractivity contribution in [1.82, 2.24) is 9.47 Å². The van der Waals surface area contributed by atoms with Crippen molar-refractivity contribution in [2.45, 2.75) is 38.6 Å². The third kappa shape index (κ3) is 1.59. The highest BCUT2D eigenvalue weighted by Crippen LogP contribution is 2.56. The highest BCUT2D eigenvalue weighted by atomic mass is 16.4. The summed E-state index contributed by atoms with van der Waals surface area (Å²) < 4.78 is 2.04. The summed E-state index contributed by atoms with van der Waals surface area (Å²) >= 11 is 0. The molecule has 0 bridgehead atoms. The first-order chi connectivity index (χ1) is 11.7. The average molecular weight is 322 g/mol. The molecule has 0 aliphatic carbocycles.